The fraction of sp³-hybridized carbons (Fsp3) is 0.136. The van der Waals surface area contributed by atoms with E-state index >= 15 is 0 Å². The molecule has 0 heterocycles. The maximum Gasteiger partial charge on any atom is 0.302 e. The van der Waals surface area contributed by atoms with Crippen LogP contribution in [0.4, 0.5) is 34.1 Å². The number of hydrogen-bond acceptors (Lipinski definition) is 6. The van der Waals surface area contributed by atoms with Crippen molar-refractivity contribution in [2.24, 2.45) is 0 Å². The summed E-state index contributed by atoms with van der Waals surface area (Å²) in [6.45, 7) is 7.51. The van der Waals surface area contributed by atoms with Crippen LogP contribution in [-0.2, 0) is 32.3 Å². The van der Waals surface area contributed by atoms with Crippen LogP contribution in [0.25, 0.3) is 11.1 Å². The van der Waals surface area contributed by atoms with E-state index in [1.54, 1.807) is 0 Å². The van der Waals surface area contributed by atoms with Crippen molar-refractivity contribution >= 4 is 46.1 Å². The SMILES string of the molecule is CC(=O)OCc1ccc(N(c2ccc(C)cc2)c2ccc(-c3ccc(N(c4ccc(C)cc4)c4ccc(COC(C)=O)cc4)cc3)cc2)cc1. The molecule has 0 radical (unpaired) electrons. The molecule has 6 nitrogen and oxygen atoms in total. The third-order valence-electron chi connectivity index (χ3n) is 8.44. The lowest BCUT2D eigenvalue weighted by atomic mass is 10.0. The number of carbonyl (C=O) groups is 2. The minimum Gasteiger partial charge on any atom is -0.461 e. The molecule has 0 atom stereocenters. The molecule has 0 bridgehead atoms. The highest BCUT2D eigenvalue weighted by atomic mass is 16.5. The second-order valence-electron chi connectivity index (χ2n) is 12.3. The Morgan fingerprint density at radius 2 is 0.640 bits per heavy atom. The largest absolute Gasteiger partial charge is 0.461 e. The molecule has 6 rings (SSSR count). The Morgan fingerprint density at radius 1 is 0.400 bits per heavy atom. The lowest BCUT2D eigenvalue weighted by Crippen LogP contribution is -2.10. The van der Waals surface area contributed by atoms with Gasteiger partial charge in [-0.3, -0.25) is 9.59 Å². The van der Waals surface area contributed by atoms with E-state index in [1.807, 2.05) is 24.3 Å². The van der Waals surface area contributed by atoms with E-state index in [9.17, 15) is 9.59 Å². The van der Waals surface area contributed by atoms with Gasteiger partial charge in [0.25, 0.3) is 0 Å². The summed E-state index contributed by atoms with van der Waals surface area (Å²) < 4.78 is 10.4. The number of anilines is 6. The quantitative estimate of drug-likeness (QED) is 0.129. The summed E-state index contributed by atoms with van der Waals surface area (Å²) in [4.78, 5) is 27.0. The second-order valence-corrected chi connectivity index (χ2v) is 12.3. The molecule has 6 heteroatoms. The highest BCUT2D eigenvalue weighted by Gasteiger charge is 2.15. The Bertz CT molecular complexity index is 1880. The summed E-state index contributed by atoms with van der Waals surface area (Å²) >= 11 is 0. The number of ether oxygens (including phenoxy) is 2. The van der Waals surface area contributed by atoms with E-state index in [0.29, 0.717) is 0 Å². The minimum absolute atomic E-state index is 0.250. The molecular formula is C44H40N2O4. The number of hydrogen-bond donors (Lipinski definition) is 0. The predicted molar refractivity (Wildman–Crippen MR) is 202 cm³/mol. The smallest absolute Gasteiger partial charge is 0.302 e. The van der Waals surface area contributed by atoms with Gasteiger partial charge < -0.3 is 19.3 Å². The van der Waals surface area contributed by atoms with E-state index in [-0.39, 0.29) is 25.2 Å². The van der Waals surface area contributed by atoms with Crippen molar-refractivity contribution in [3.8, 4) is 11.1 Å². The summed E-state index contributed by atoms with van der Waals surface area (Å²) in [7, 11) is 0. The third kappa shape index (κ3) is 8.28. The standard InChI is InChI=1S/C44H40N2O4/c1-31-5-17-39(18-6-31)45(41-21-9-35(10-22-41)29-49-33(3)47)43-25-13-37(14-26-43)38-15-27-44(28-16-38)46(40-19-7-32(2)8-20-40)42-23-11-36(12-24-42)30-50-34(4)48/h5-28H,29-30H2,1-4H3. The van der Waals surface area contributed by atoms with Gasteiger partial charge in [0.05, 0.1) is 0 Å². The Morgan fingerprint density at radius 3 is 0.900 bits per heavy atom. The van der Waals surface area contributed by atoms with Crippen molar-refractivity contribution in [3.05, 3.63) is 168 Å². The molecule has 6 aromatic carbocycles. The highest BCUT2D eigenvalue weighted by Crippen LogP contribution is 2.38. The fourth-order valence-corrected chi connectivity index (χ4v) is 5.74. The second kappa shape index (κ2) is 15.4. The maximum absolute atomic E-state index is 11.3. The summed E-state index contributed by atoms with van der Waals surface area (Å²) in [6.07, 6.45) is 0. The average molecular weight is 661 g/mol. The summed E-state index contributed by atoms with van der Waals surface area (Å²) in [5.41, 5.74) is 12.7. The van der Waals surface area contributed by atoms with Crippen LogP contribution >= 0.6 is 0 Å². The van der Waals surface area contributed by atoms with Crippen molar-refractivity contribution in [1.82, 2.24) is 0 Å². The van der Waals surface area contributed by atoms with E-state index in [4.69, 9.17) is 9.47 Å². The molecule has 250 valence electrons. The molecule has 0 aliphatic heterocycles. The van der Waals surface area contributed by atoms with Gasteiger partial charge in [-0.05, 0) is 109 Å². The molecular weight excluding hydrogens is 620 g/mol. The molecule has 0 aliphatic rings. The molecule has 6 aromatic rings. The first-order valence-electron chi connectivity index (χ1n) is 16.6. The zero-order chi connectivity index (χ0) is 35.0. The number of aryl methyl sites for hydroxylation is 2. The van der Waals surface area contributed by atoms with Gasteiger partial charge in [-0.25, -0.2) is 0 Å². The molecule has 0 N–H and O–H groups in total. The molecule has 0 fully saturated rings. The summed E-state index contributed by atoms with van der Waals surface area (Å²) in [5, 5.41) is 0. The zero-order valence-corrected chi connectivity index (χ0v) is 28.8. The van der Waals surface area contributed by atoms with Crippen LogP contribution in [0.2, 0.25) is 0 Å². The summed E-state index contributed by atoms with van der Waals surface area (Å²) in [5.74, 6) is -0.588. The normalized spacial score (nSPS) is 10.7. The molecule has 50 heavy (non-hydrogen) atoms. The number of rotatable bonds is 11. The molecule has 0 aromatic heterocycles. The van der Waals surface area contributed by atoms with Crippen molar-refractivity contribution in [1.29, 1.82) is 0 Å². The number of carbonyl (C=O) groups excluding carboxylic acids is 2. The third-order valence-corrected chi connectivity index (χ3v) is 8.44. The molecule has 0 unspecified atom stereocenters. The van der Waals surface area contributed by atoms with Crippen LogP contribution in [0.3, 0.4) is 0 Å². The van der Waals surface area contributed by atoms with Gasteiger partial charge in [-0.1, -0.05) is 83.9 Å². The predicted octanol–water partition coefficient (Wildman–Crippen LogP) is 11.0. The van der Waals surface area contributed by atoms with Crippen LogP contribution < -0.4 is 9.80 Å². The number of nitrogens with zero attached hydrogens (tertiary/aromatic N) is 2. The first-order chi connectivity index (χ1) is 24.2. The van der Waals surface area contributed by atoms with Crippen LogP contribution in [0.15, 0.2) is 146 Å². The number of benzene rings is 6. The Labute approximate surface area is 294 Å². The lowest BCUT2D eigenvalue weighted by Gasteiger charge is -2.26. The van der Waals surface area contributed by atoms with Gasteiger partial charge in [-0.2, -0.15) is 0 Å². The molecule has 0 aliphatic carbocycles. The van der Waals surface area contributed by atoms with Crippen molar-refractivity contribution in [2.45, 2.75) is 40.9 Å². The monoisotopic (exact) mass is 660 g/mol. The van der Waals surface area contributed by atoms with E-state index in [0.717, 1.165) is 56.4 Å². The van der Waals surface area contributed by atoms with Crippen LogP contribution in [0, 0.1) is 13.8 Å². The maximum atomic E-state index is 11.3. The van der Waals surface area contributed by atoms with Crippen molar-refractivity contribution < 1.29 is 19.1 Å². The van der Waals surface area contributed by atoms with Crippen LogP contribution in [0.5, 0.6) is 0 Å². The van der Waals surface area contributed by atoms with Crippen LogP contribution in [0.1, 0.15) is 36.1 Å². The van der Waals surface area contributed by atoms with E-state index < -0.39 is 0 Å². The average Bonchev–Trinajstić information content (AvgIpc) is 3.13. The number of esters is 2. The molecule has 0 saturated carbocycles. The van der Waals surface area contributed by atoms with Gasteiger partial charge in [0.2, 0.25) is 0 Å². The van der Waals surface area contributed by atoms with Gasteiger partial charge in [0, 0.05) is 48.0 Å². The van der Waals surface area contributed by atoms with Gasteiger partial charge in [0.15, 0.2) is 0 Å². The Balaban J connectivity index is 1.27. The van der Waals surface area contributed by atoms with Crippen molar-refractivity contribution in [3.63, 3.8) is 0 Å². The fourth-order valence-electron chi connectivity index (χ4n) is 5.74. The molecule has 0 spiro atoms. The summed E-state index contributed by atoms with van der Waals surface area (Å²) in [6, 6.07) is 50.3. The topological polar surface area (TPSA) is 59.1 Å². The van der Waals surface area contributed by atoms with Gasteiger partial charge in [0.1, 0.15) is 13.2 Å². The van der Waals surface area contributed by atoms with E-state index in [1.165, 1.54) is 25.0 Å². The lowest BCUT2D eigenvalue weighted by molar-refractivity contribution is -0.143. The molecule has 0 amide bonds. The van der Waals surface area contributed by atoms with Crippen molar-refractivity contribution in [2.75, 3.05) is 9.80 Å². The molecule has 0 saturated heterocycles. The Kier molecular flexibility index (Phi) is 10.4. The van der Waals surface area contributed by atoms with E-state index in [2.05, 4.69) is 145 Å². The minimum atomic E-state index is -0.294. The van der Waals surface area contributed by atoms with Gasteiger partial charge >= 0.3 is 11.9 Å². The highest BCUT2D eigenvalue weighted by molar-refractivity contribution is 5.81. The zero-order valence-electron chi connectivity index (χ0n) is 28.8. The van der Waals surface area contributed by atoms with Gasteiger partial charge in [-0.15, -0.1) is 0 Å². The first-order valence-corrected chi connectivity index (χ1v) is 16.6. The first kappa shape index (κ1) is 33.7. The Hall–Kier alpha value is -6.14. The van der Waals surface area contributed by atoms with Crippen LogP contribution in [-0.4, -0.2) is 11.9 Å².